The second-order valence-corrected chi connectivity index (χ2v) is 6.43. The lowest BCUT2D eigenvalue weighted by atomic mass is 10.1. The summed E-state index contributed by atoms with van der Waals surface area (Å²) in [6.07, 6.45) is 1.89. The Morgan fingerprint density at radius 3 is 2.68 bits per heavy atom. The second kappa shape index (κ2) is 7.59. The highest BCUT2D eigenvalue weighted by molar-refractivity contribution is 7.88. The van der Waals surface area contributed by atoms with Crippen molar-refractivity contribution < 1.29 is 13.5 Å². The Morgan fingerprint density at radius 1 is 1.32 bits per heavy atom. The Labute approximate surface area is 115 Å². The van der Waals surface area contributed by atoms with Crippen molar-refractivity contribution in [2.24, 2.45) is 0 Å². The number of hydrogen-bond acceptors (Lipinski definition) is 4. The summed E-state index contributed by atoms with van der Waals surface area (Å²) in [5, 5.41) is 12.4. The average molecular weight is 286 g/mol. The SMILES string of the molecule is CC(NCCCNS(C)(=O)=O)c1cccc(CO)c1. The average Bonchev–Trinajstić information content (AvgIpc) is 2.37. The third-order valence-electron chi connectivity index (χ3n) is 2.80. The summed E-state index contributed by atoms with van der Waals surface area (Å²) in [5.41, 5.74) is 2.01. The van der Waals surface area contributed by atoms with Gasteiger partial charge in [-0.2, -0.15) is 0 Å². The zero-order valence-electron chi connectivity index (χ0n) is 11.4. The summed E-state index contributed by atoms with van der Waals surface area (Å²) in [4.78, 5) is 0. The molecule has 0 aliphatic carbocycles. The van der Waals surface area contributed by atoms with Gasteiger partial charge in [-0.05, 0) is 31.0 Å². The molecule has 1 atom stereocenters. The quantitative estimate of drug-likeness (QED) is 0.617. The van der Waals surface area contributed by atoms with Gasteiger partial charge in [0.25, 0.3) is 0 Å². The minimum absolute atomic E-state index is 0.0405. The van der Waals surface area contributed by atoms with Crippen molar-refractivity contribution in [1.82, 2.24) is 10.0 Å². The van der Waals surface area contributed by atoms with E-state index in [0.717, 1.165) is 30.3 Å². The molecule has 0 saturated heterocycles. The van der Waals surface area contributed by atoms with Crippen molar-refractivity contribution in [1.29, 1.82) is 0 Å². The maximum atomic E-state index is 10.9. The van der Waals surface area contributed by atoms with Gasteiger partial charge < -0.3 is 10.4 Å². The number of benzene rings is 1. The fraction of sp³-hybridized carbons (Fsp3) is 0.538. The lowest BCUT2D eigenvalue weighted by molar-refractivity contribution is 0.281. The minimum atomic E-state index is -3.09. The molecule has 19 heavy (non-hydrogen) atoms. The number of aliphatic hydroxyl groups excluding tert-OH is 1. The van der Waals surface area contributed by atoms with Crippen LogP contribution in [0.2, 0.25) is 0 Å². The third kappa shape index (κ3) is 6.68. The summed E-state index contributed by atoms with van der Waals surface area (Å²) in [7, 11) is -3.09. The van der Waals surface area contributed by atoms with Crippen LogP contribution in [0.5, 0.6) is 0 Å². The van der Waals surface area contributed by atoms with E-state index in [1.54, 1.807) is 0 Å². The monoisotopic (exact) mass is 286 g/mol. The van der Waals surface area contributed by atoms with Crippen molar-refractivity contribution in [3.05, 3.63) is 35.4 Å². The molecule has 108 valence electrons. The van der Waals surface area contributed by atoms with Crippen LogP contribution in [0.15, 0.2) is 24.3 Å². The maximum absolute atomic E-state index is 10.9. The Kier molecular flexibility index (Phi) is 6.44. The van der Waals surface area contributed by atoms with Crippen LogP contribution in [-0.2, 0) is 16.6 Å². The Bertz CT molecular complexity index is 488. The molecule has 6 heteroatoms. The predicted molar refractivity (Wildman–Crippen MR) is 76.2 cm³/mol. The van der Waals surface area contributed by atoms with Crippen LogP contribution >= 0.6 is 0 Å². The first-order valence-corrected chi connectivity index (χ1v) is 8.19. The van der Waals surface area contributed by atoms with Crippen molar-refractivity contribution in [3.8, 4) is 0 Å². The number of hydrogen-bond donors (Lipinski definition) is 3. The fourth-order valence-electron chi connectivity index (χ4n) is 1.74. The first-order valence-electron chi connectivity index (χ1n) is 6.30. The number of rotatable bonds is 8. The summed E-state index contributed by atoms with van der Waals surface area (Å²) in [6.45, 7) is 3.25. The zero-order valence-corrected chi connectivity index (χ0v) is 12.2. The van der Waals surface area contributed by atoms with E-state index in [1.807, 2.05) is 31.2 Å². The molecule has 0 aliphatic rings. The highest BCUT2D eigenvalue weighted by atomic mass is 32.2. The van der Waals surface area contributed by atoms with Crippen LogP contribution in [0, 0.1) is 0 Å². The predicted octanol–water partition coefficient (Wildman–Crippen LogP) is 0.769. The highest BCUT2D eigenvalue weighted by Crippen LogP contribution is 2.14. The van der Waals surface area contributed by atoms with E-state index < -0.39 is 10.0 Å². The van der Waals surface area contributed by atoms with Crippen molar-refractivity contribution >= 4 is 10.0 Å². The lowest BCUT2D eigenvalue weighted by Crippen LogP contribution is -2.27. The molecule has 3 N–H and O–H groups in total. The molecule has 1 unspecified atom stereocenters. The molecule has 1 rings (SSSR count). The van der Waals surface area contributed by atoms with E-state index in [0.29, 0.717) is 6.54 Å². The zero-order chi connectivity index (χ0) is 14.3. The second-order valence-electron chi connectivity index (χ2n) is 4.60. The number of nitrogens with one attached hydrogen (secondary N) is 2. The Hall–Kier alpha value is -0.950. The molecular formula is C13H22N2O3S. The highest BCUT2D eigenvalue weighted by Gasteiger charge is 2.05. The first-order chi connectivity index (χ1) is 8.92. The van der Waals surface area contributed by atoms with Crippen LogP contribution in [0.1, 0.15) is 30.5 Å². The third-order valence-corrected chi connectivity index (χ3v) is 3.53. The summed E-state index contributed by atoms with van der Waals surface area (Å²) in [5.74, 6) is 0. The van der Waals surface area contributed by atoms with E-state index >= 15 is 0 Å². The van der Waals surface area contributed by atoms with Gasteiger partial charge in [-0.3, -0.25) is 0 Å². The van der Waals surface area contributed by atoms with E-state index in [9.17, 15) is 8.42 Å². The minimum Gasteiger partial charge on any atom is -0.392 e. The molecule has 0 spiro atoms. The summed E-state index contributed by atoms with van der Waals surface area (Å²) < 4.78 is 24.2. The van der Waals surface area contributed by atoms with Crippen molar-refractivity contribution in [3.63, 3.8) is 0 Å². The molecule has 0 bridgehead atoms. The van der Waals surface area contributed by atoms with Crippen molar-refractivity contribution in [2.45, 2.75) is 26.0 Å². The molecule has 0 radical (unpaired) electrons. The topological polar surface area (TPSA) is 78.4 Å². The van der Waals surface area contributed by atoms with E-state index in [4.69, 9.17) is 5.11 Å². The van der Waals surface area contributed by atoms with E-state index in [1.165, 1.54) is 0 Å². The van der Waals surface area contributed by atoms with Gasteiger partial charge in [0.2, 0.25) is 10.0 Å². The van der Waals surface area contributed by atoms with E-state index in [2.05, 4.69) is 10.0 Å². The fourth-order valence-corrected chi connectivity index (χ4v) is 2.26. The summed E-state index contributed by atoms with van der Waals surface area (Å²) >= 11 is 0. The standard InChI is InChI=1S/C13H22N2O3S/c1-11(13-6-3-5-12(9-13)10-16)14-7-4-8-15-19(2,17)18/h3,5-6,9,11,14-16H,4,7-8,10H2,1-2H3. The van der Waals surface area contributed by atoms with Crippen molar-refractivity contribution in [2.75, 3.05) is 19.3 Å². The van der Waals surface area contributed by atoms with E-state index in [-0.39, 0.29) is 12.6 Å². The van der Waals surface area contributed by atoms with Gasteiger partial charge >= 0.3 is 0 Å². The maximum Gasteiger partial charge on any atom is 0.208 e. The smallest absolute Gasteiger partial charge is 0.208 e. The van der Waals surface area contributed by atoms with Gasteiger partial charge in [-0.25, -0.2) is 13.1 Å². The van der Waals surface area contributed by atoms with Crippen LogP contribution in [-0.4, -0.2) is 32.9 Å². The van der Waals surface area contributed by atoms with Crippen LogP contribution in [0.4, 0.5) is 0 Å². The number of aliphatic hydroxyl groups is 1. The summed E-state index contributed by atoms with van der Waals surface area (Å²) in [6, 6.07) is 7.94. The molecule has 5 nitrogen and oxygen atoms in total. The molecule has 0 fully saturated rings. The Morgan fingerprint density at radius 2 is 2.05 bits per heavy atom. The first kappa shape index (κ1) is 16.1. The van der Waals surface area contributed by atoms with Crippen LogP contribution < -0.4 is 10.0 Å². The molecule has 0 heterocycles. The molecule has 0 aromatic heterocycles. The molecular weight excluding hydrogens is 264 g/mol. The van der Waals surface area contributed by atoms with Crippen LogP contribution in [0.3, 0.4) is 0 Å². The Balaban J connectivity index is 2.32. The molecule has 1 aromatic carbocycles. The molecule has 0 aliphatic heterocycles. The normalized spacial score (nSPS) is 13.4. The van der Waals surface area contributed by atoms with Gasteiger partial charge in [0, 0.05) is 12.6 Å². The largest absolute Gasteiger partial charge is 0.392 e. The molecule has 1 aromatic rings. The number of sulfonamides is 1. The van der Waals surface area contributed by atoms with Gasteiger partial charge in [-0.1, -0.05) is 24.3 Å². The molecule has 0 amide bonds. The van der Waals surface area contributed by atoms with Gasteiger partial charge in [0.1, 0.15) is 0 Å². The molecule has 0 saturated carbocycles. The van der Waals surface area contributed by atoms with Gasteiger partial charge in [-0.15, -0.1) is 0 Å². The van der Waals surface area contributed by atoms with Crippen LogP contribution in [0.25, 0.3) is 0 Å². The lowest BCUT2D eigenvalue weighted by Gasteiger charge is -2.15. The van der Waals surface area contributed by atoms with Gasteiger partial charge in [0.05, 0.1) is 12.9 Å². The van der Waals surface area contributed by atoms with Gasteiger partial charge in [0.15, 0.2) is 0 Å².